The molecule has 1 aromatic heterocycles. The number of aryl methyl sites for hydroxylation is 1. The van der Waals surface area contributed by atoms with Crippen molar-refractivity contribution < 1.29 is 9.59 Å². The molecular formula is C19H30N6O2. The number of hydrogen-bond donors (Lipinski definition) is 2. The van der Waals surface area contributed by atoms with Crippen LogP contribution in [0.15, 0.2) is 6.20 Å². The normalized spacial score (nSPS) is 23.1. The van der Waals surface area contributed by atoms with E-state index < -0.39 is 0 Å². The van der Waals surface area contributed by atoms with Gasteiger partial charge in [0.25, 0.3) is 0 Å². The molecule has 0 spiro atoms. The van der Waals surface area contributed by atoms with Crippen LogP contribution in [0.5, 0.6) is 0 Å². The summed E-state index contributed by atoms with van der Waals surface area (Å²) in [6.07, 6.45) is 2.70. The van der Waals surface area contributed by atoms with Crippen molar-refractivity contribution in [3.8, 4) is 0 Å². The zero-order valence-electron chi connectivity index (χ0n) is 16.8. The highest BCUT2D eigenvalue weighted by atomic mass is 16.2. The van der Waals surface area contributed by atoms with Gasteiger partial charge in [-0.05, 0) is 34.6 Å². The molecule has 2 saturated heterocycles. The maximum Gasteiger partial charge on any atom is 0.225 e. The maximum atomic E-state index is 12.1. The molecule has 2 amide bonds. The van der Waals surface area contributed by atoms with Crippen LogP contribution in [0.3, 0.4) is 0 Å². The topological polar surface area (TPSA) is 90.5 Å². The highest BCUT2D eigenvalue weighted by molar-refractivity contribution is 5.81. The number of carbonyl (C=O) groups is 2. The molecule has 148 valence electrons. The molecule has 1 aromatic rings. The third-order valence-electron chi connectivity index (χ3n) is 5.21. The fraction of sp³-hybridized carbons (Fsp3) is 0.684. The van der Waals surface area contributed by atoms with Crippen LogP contribution in [0, 0.1) is 6.92 Å². The summed E-state index contributed by atoms with van der Waals surface area (Å²) < 4.78 is 0. The number of anilines is 2. The monoisotopic (exact) mass is 374 g/mol. The van der Waals surface area contributed by atoms with Gasteiger partial charge in [-0.3, -0.25) is 9.59 Å². The van der Waals surface area contributed by atoms with Crippen LogP contribution >= 0.6 is 0 Å². The van der Waals surface area contributed by atoms with E-state index in [9.17, 15) is 9.59 Å². The van der Waals surface area contributed by atoms with Gasteiger partial charge in [0.05, 0.1) is 12.1 Å². The molecule has 27 heavy (non-hydrogen) atoms. The van der Waals surface area contributed by atoms with E-state index in [1.165, 1.54) is 0 Å². The van der Waals surface area contributed by atoms with Gasteiger partial charge in [0.1, 0.15) is 5.82 Å². The molecular weight excluding hydrogens is 344 g/mol. The van der Waals surface area contributed by atoms with E-state index in [1.54, 1.807) is 6.20 Å². The number of aromatic nitrogens is 2. The summed E-state index contributed by atoms with van der Waals surface area (Å²) in [4.78, 5) is 36.9. The molecule has 0 radical (unpaired) electrons. The smallest absolute Gasteiger partial charge is 0.225 e. The van der Waals surface area contributed by atoms with Crippen molar-refractivity contribution in [2.45, 2.75) is 71.6 Å². The second kappa shape index (κ2) is 7.70. The first-order valence-corrected chi connectivity index (χ1v) is 9.70. The molecule has 8 nitrogen and oxygen atoms in total. The van der Waals surface area contributed by atoms with Crippen LogP contribution in [0.1, 0.15) is 46.1 Å². The van der Waals surface area contributed by atoms with Crippen molar-refractivity contribution in [2.75, 3.05) is 23.7 Å². The second-order valence-corrected chi connectivity index (χ2v) is 8.10. The van der Waals surface area contributed by atoms with Crippen LogP contribution in [0.2, 0.25) is 0 Å². The van der Waals surface area contributed by atoms with Crippen molar-refractivity contribution in [1.82, 2.24) is 19.8 Å². The van der Waals surface area contributed by atoms with Gasteiger partial charge >= 0.3 is 0 Å². The third kappa shape index (κ3) is 4.31. The van der Waals surface area contributed by atoms with Crippen LogP contribution in [0.25, 0.3) is 0 Å². The van der Waals surface area contributed by atoms with Gasteiger partial charge in [-0.25, -0.2) is 4.98 Å². The predicted molar refractivity (Wildman–Crippen MR) is 105 cm³/mol. The highest BCUT2D eigenvalue weighted by Crippen LogP contribution is 2.22. The van der Waals surface area contributed by atoms with Crippen molar-refractivity contribution in [3.05, 3.63) is 11.8 Å². The lowest BCUT2D eigenvalue weighted by Crippen LogP contribution is -2.34. The molecule has 2 aliphatic heterocycles. The van der Waals surface area contributed by atoms with Gasteiger partial charge in [-0.2, -0.15) is 4.98 Å². The van der Waals surface area contributed by atoms with E-state index in [1.807, 2.05) is 44.4 Å². The minimum absolute atomic E-state index is 0.0138. The average Bonchev–Trinajstić information content (AvgIpc) is 3.13. The lowest BCUT2D eigenvalue weighted by Gasteiger charge is -2.22. The van der Waals surface area contributed by atoms with Crippen LogP contribution in [-0.2, 0) is 9.59 Å². The molecule has 2 unspecified atom stereocenters. The number of rotatable bonds is 6. The zero-order valence-corrected chi connectivity index (χ0v) is 16.8. The minimum Gasteiger partial charge on any atom is -0.365 e. The number of likely N-dealkylation sites (tertiary alicyclic amines) is 2. The Balaban J connectivity index is 1.65. The summed E-state index contributed by atoms with van der Waals surface area (Å²) in [5.74, 6) is 1.58. The number of carbonyl (C=O) groups excluding carboxylic acids is 2. The van der Waals surface area contributed by atoms with Crippen LogP contribution in [0.4, 0.5) is 11.8 Å². The largest absolute Gasteiger partial charge is 0.365 e. The molecule has 2 N–H and O–H groups in total. The Hall–Kier alpha value is -2.38. The molecule has 0 aromatic carbocycles. The first kappa shape index (κ1) is 19.4. The average molecular weight is 374 g/mol. The number of nitrogens with zero attached hydrogens (tertiary/aromatic N) is 4. The van der Waals surface area contributed by atoms with Gasteiger partial charge in [0.15, 0.2) is 0 Å². The molecule has 0 saturated carbocycles. The lowest BCUT2D eigenvalue weighted by molar-refractivity contribution is -0.129. The molecule has 3 heterocycles. The minimum atomic E-state index is 0.0138. The highest BCUT2D eigenvalue weighted by Gasteiger charge is 2.33. The molecule has 0 aliphatic carbocycles. The number of nitrogens with one attached hydrogen (secondary N) is 2. The Labute approximate surface area is 160 Å². The maximum absolute atomic E-state index is 12.1. The summed E-state index contributed by atoms with van der Waals surface area (Å²) in [7, 11) is 0. The van der Waals surface area contributed by atoms with E-state index in [-0.39, 0.29) is 36.0 Å². The first-order chi connectivity index (χ1) is 12.7. The Morgan fingerprint density at radius 1 is 0.963 bits per heavy atom. The summed E-state index contributed by atoms with van der Waals surface area (Å²) in [6, 6.07) is 0.465. The zero-order chi connectivity index (χ0) is 19.7. The lowest BCUT2D eigenvalue weighted by atomic mass is 10.2. The predicted octanol–water partition coefficient (Wildman–Crippen LogP) is 1.63. The second-order valence-electron chi connectivity index (χ2n) is 8.10. The van der Waals surface area contributed by atoms with E-state index in [0.717, 1.165) is 11.4 Å². The summed E-state index contributed by atoms with van der Waals surface area (Å²) >= 11 is 0. The summed E-state index contributed by atoms with van der Waals surface area (Å²) in [5.41, 5.74) is 0.933. The Bertz CT molecular complexity index is 720. The van der Waals surface area contributed by atoms with Crippen LogP contribution in [-0.4, -0.2) is 68.8 Å². The van der Waals surface area contributed by atoms with Gasteiger partial charge in [-0.15, -0.1) is 0 Å². The quantitative estimate of drug-likeness (QED) is 0.786. The summed E-state index contributed by atoms with van der Waals surface area (Å²) in [5, 5.41) is 6.68. The van der Waals surface area contributed by atoms with E-state index in [4.69, 9.17) is 0 Å². The third-order valence-corrected chi connectivity index (χ3v) is 5.21. The molecule has 8 heteroatoms. The molecule has 2 fully saturated rings. The molecule has 3 rings (SSSR count). The van der Waals surface area contributed by atoms with Crippen LogP contribution < -0.4 is 10.6 Å². The van der Waals surface area contributed by atoms with Crippen molar-refractivity contribution in [2.24, 2.45) is 0 Å². The SMILES string of the molecule is Cc1cnc(NC2CC(=O)N(C(C)C)C2)nc1NC1CC(=O)N(C(C)C)C1. The Kier molecular flexibility index (Phi) is 5.53. The van der Waals surface area contributed by atoms with E-state index in [0.29, 0.717) is 31.9 Å². The fourth-order valence-electron chi connectivity index (χ4n) is 3.69. The van der Waals surface area contributed by atoms with Crippen molar-refractivity contribution >= 4 is 23.6 Å². The first-order valence-electron chi connectivity index (χ1n) is 9.70. The Morgan fingerprint density at radius 3 is 1.96 bits per heavy atom. The number of hydrogen-bond acceptors (Lipinski definition) is 6. The van der Waals surface area contributed by atoms with Gasteiger partial charge in [0, 0.05) is 49.8 Å². The number of amides is 2. The summed E-state index contributed by atoms with van der Waals surface area (Å²) in [6.45, 7) is 11.4. The van der Waals surface area contributed by atoms with Crippen molar-refractivity contribution in [1.29, 1.82) is 0 Å². The molecule has 0 bridgehead atoms. The molecule has 2 atom stereocenters. The van der Waals surface area contributed by atoms with Gasteiger partial charge in [0.2, 0.25) is 17.8 Å². The van der Waals surface area contributed by atoms with Crippen molar-refractivity contribution in [3.63, 3.8) is 0 Å². The fourth-order valence-corrected chi connectivity index (χ4v) is 3.69. The molecule has 2 aliphatic rings. The standard InChI is InChI=1S/C19H30N6O2/c1-11(2)24-9-14(6-16(24)26)21-18-13(5)8-20-19(23-18)22-15-7-17(27)25(10-15)12(3)4/h8,11-12,14-15H,6-7,9-10H2,1-5H3,(H2,20,21,22,23). The van der Waals surface area contributed by atoms with Gasteiger partial charge in [-0.1, -0.05) is 0 Å². The van der Waals surface area contributed by atoms with E-state index in [2.05, 4.69) is 20.6 Å². The van der Waals surface area contributed by atoms with E-state index >= 15 is 0 Å². The Morgan fingerprint density at radius 2 is 1.48 bits per heavy atom. The van der Waals surface area contributed by atoms with Gasteiger partial charge < -0.3 is 20.4 Å².